The van der Waals surface area contributed by atoms with Gasteiger partial charge < -0.3 is 14.4 Å². The van der Waals surface area contributed by atoms with Crippen LogP contribution in [-0.2, 0) is 26.6 Å². The van der Waals surface area contributed by atoms with E-state index in [0.717, 1.165) is 0 Å². The molecule has 150 valence electrons. The van der Waals surface area contributed by atoms with Crippen molar-refractivity contribution in [2.45, 2.75) is 25.4 Å². The van der Waals surface area contributed by atoms with E-state index >= 15 is 0 Å². The molecule has 0 spiro atoms. The van der Waals surface area contributed by atoms with Gasteiger partial charge >= 0.3 is 18.3 Å². The first-order valence-corrected chi connectivity index (χ1v) is 7.74. The van der Waals surface area contributed by atoms with Crippen molar-refractivity contribution in [2.24, 2.45) is 0 Å². The van der Waals surface area contributed by atoms with Crippen LogP contribution in [0.25, 0.3) is 0 Å². The molecule has 1 aromatic rings. The first kappa shape index (κ1) is 21.0. The molecule has 0 radical (unpaired) electrons. The Morgan fingerprint density at radius 2 is 1.67 bits per heavy atom. The monoisotopic (exact) mass is 399 g/mol. The minimum absolute atomic E-state index is 0.100. The second kappa shape index (κ2) is 7.75. The van der Waals surface area contributed by atoms with Gasteiger partial charge in [0.2, 0.25) is 0 Å². The molecule has 2 rings (SSSR count). The predicted molar refractivity (Wildman–Crippen MR) is 78.7 cm³/mol. The van der Waals surface area contributed by atoms with E-state index < -0.39 is 47.5 Å². The number of hydrogen-bond acceptors (Lipinski definition) is 4. The molecule has 1 fully saturated rings. The number of nitrogens with zero attached hydrogens (tertiary/aromatic N) is 1. The molecule has 1 amide bonds. The predicted octanol–water partition coefficient (Wildman–Crippen LogP) is 3.13. The lowest BCUT2D eigenvalue weighted by atomic mass is 10.0. The average molecular weight is 399 g/mol. The Morgan fingerprint density at radius 1 is 1.11 bits per heavy atom. The summed E-state index contributed by atoms with van der Waals surface area (Å²) in [4.78, 5) is 25.2. The van der Waals surface area contributed by atoms with Gasteiger partial charge in [0.1, 0.15) is 0 Å². The second-order valence-corrected chi connectivity index (χ2v) is 5.89. The summed E-state index contributed by atoms with van der Waals surface area (Å²) < 4.78 is 86.6. The van der Waals surface area contributed by atoms with E-state index in [-0.39, 0.29) is 44.0 Å². The van der Waals surface area contributed by atoms with Crippen LogP contribution in [0.15, 0.2) is 18.2 Å². The summed E-state index contributed by atoms with van der Waals surface area (Å²) in [6, 6.07) is 0.398. The fraction of sp³-hybridized carbons (Fsp3) is 0.500. The van der Waals surface area contributed by atoms with Crippen molar-refractivity contribution in [1.29, 1.82) is 0 Å². The second-order valence-electron chi connectivity index (χ2n) is 5.89. The number of morpholine rings is 1. The maximum Gasteiger partial charge on any atom is 0.416 e. The lowest BCUT2D eigenvalue weighted by Gasteiger charge is -2.30. The molecule has 0 aromatic heterocycles. The van der Waals surface area contributed by atoms with Gasteiger partial charge in [-0.25, -0.2) is 4.79 Å². The normalized spacial score (nSPS) is 18.3. The van der Waals surface area contributed by atoms with E-state index in [0.29, 0.717) is 0 Å². The summed E-state index contributed by atoms with van der Waals surface area (Å²) in [7, 11) is 0. The molecule has 0 N–H and O–H groups in total. The largest absolute Gasteiger partial charge is 0.452 e. The molecule has 0 bridgehead atoms. The molecule has 1 aliphatic heterocycles. The van der Waals surface area contributed by atoms with Gasteiger partial charge in [-0.3, -0.25) is 4.79 Å². The zero-order valence-corrected chi connectivity index (χ0v) is 14.0. The highest BCUT2D eigenvalue weighted by atomic mass is 19.4. The van der Waals surface area contributed by atoms with Gasteiger partial charge in [-0.2, -0.15) is 26.3 Å². The zero-order valence-electron chi connectivity index (χ0n) is 14.0. The van der Waals surface area contributed by atoms with Gasteiger partial charge in [-0.1, -0.05) is 0 Å². The number of halogens is 6. The first-order valence-electron chi connectivity index (χ1n) is 7.74. The van der Waals surface area contributed by atoms with Gasteiger partial charge in [0.05, 0.1) is 29.4 Å². The van der Waals surface area contributed by atoms with Crippen LogP contribution in [0, 0.1) is 0 Å². The topological polar surface area (TPSA) is 55.8 Å². The van der Waals surface area contributed by atoms with Gasteiger partial charge in [0.25, 0.3) is 5.91 Å². The molecule has 1 saturated heterocycles. The highest BCUT2D eigenvalue weighted by Crippen LogP contribution is 2.36. The van der Waals surface area contributed by atoms with Crippen molar-refractivity contribution < 1.29 is 45.4 Å². The molecule has 0 saturated carbocycles. The third-order valence-electron chi connectivity index (χ3n) is 3.74. The van der Waals surface area contributed by atoms with E-state index in [1.165, 1.54) is 4.90 Å². The van der Waals surface area contributed by atoms with Crippen LogP contribution in [0.5, 0.6) is 0 Å². The molecule has 1 aromatic carbocycles. The van der Waals surface area contributed by atoms with E-state index in [2.05, 4.69) is 4.74 Å². The minimum atomic E-state index is -5.09. The van der Waals surface area contributed by atoms with Crippen LogP contribution in [0.2, 0.25) is 0 Å². The van der Waals surface area contributed by atoms with Crippen LogP contribution in [0.4, 0.5) is 26.3 Å². The SMILES string of the molecule is CC1CN(C(=O)COC(=O)c2cc(C(F)(F)F)cc(C(F)(F)F)c2)CCO1. The highest BCUT2D eigenvalue weighted by molar-refractivity contribution is 5.91. The number of carbonyl (C=O) groups is 2. The van der Waals surface area contributed by atoms with Gasteiger partial charge in [0, 0.05) is 13.1 Å². The standard InChI is InChI=1S/C16H15F6NO4/c1-9-7-23(2-3-26-9)13(24)8-27-14(25)10-4-11(15(17,18)19)6-12(5-10)16(20,21)22/h4-6,9H,2-3,7-8H2,1H3. The van der Waals surface area contributed by atoms with Crippen LogP contribution < -0.4 is 0 Å². The molecule has 1 heterocycles. The lowest BCUT2D eigenvalue weighted by Crippen LogP contribution is -2.46. The van der Waals surface area contributed by atoms with E-state index in [9.17, 15) is 35.9 Å². The fourth-order valence-corrected chi connectivity index (χ4v) is 2.42. The summed E-state index contributed by atoms with van der Waals surface area (Å²) >= 11 is 0. The van der Waals surface area contributed by atoms with Crippen molar-refractivity contribution in [3.63, 3.8) is 0 Å². The summed E-state index contributed by atoms with van der Waals surface area (Å²) in [5, 5.41) is 0. The Bertz CT molecular complexity index is 684. The molecule has 1 atom stereocenters. The zero-order chi connectivity index (χ0) is 20.4. The molecule has 11 heteroatoms. The van der Waals surface area contributed by atoms with Gasteiger partial charge in [-0.05, 0) is 25.1 Å². The minimum Gasteiger partial charge on any atom is -0.452 e. The Labute approximate surface area is 149 Å². The molecule has 5 nitrogen and oxygen atoms in total. The lowest BCUT2D eigenvalue weighted by molar-refractivity contribution is -0.143. The Morgan fingerprint density at radius 3 is 2.15 bits per heavy atom. The van der Waals surface area contributed by atoms with E-state index in [1.54, 1.807) is 6.92 Å². The summed E-state index contributed by atoms with van der Waals surface area (Å²) in [5.74, 6) is -2.08. The summed E-state index contributed by atoms with van der Waals surface area (Å²) in [6.45, 7) is 1.65. The average Bonchev–Trinajstić information content (AvgIpc) is 2.57. The number of rotatable bonds is 3. The number of hydrogen-bond donors (Lipinski definition) is 0. The highest BCUT2D eigenvalue weighted by Gasteiger charge is 2.37. The third-order valence-corrected chi connectivity index (χ3v) is 3.74. The quantitative estimate of drug-likeness (QED) is 0.579. The number of alkyl halides is 6. The third kappa shape index (κ3) is 5.59. The molecule has 0 aliphatic carbocycles. The van der Waals surface area contributed by atoms with Crippen LogP contribution in [0.1, 0.15) is 28.4 Å². The fourth-order valence-electron chi connectivity index (χ4n) is 2.42. The number of benzene rings is 1. The smallest absolute Gasteiger partial charge is 0.416 e. The van der Waals surface area contributed by atoms with Crippen LogP contribution in [-0.4, -0.2) is 49.2 Å². The van der Waals surface area contributed by atoms with Crippen molar-refractivity contribution in [3.05, 3.63) is 34.9 Å². The van der Waals surface area contributed by atoms with Crippen molar-refractivity contribution >= 4 is 11.9 Å². The van der Waals surface area contributed by atoms with Gasteiger partial charge in [-0.15, -0.1) is 0 Å². The van der Waals surface area contributed by atoms with Crippen LogP contribution in [0.3, 0.4) is 0 Å². The number of ether oxygens (including phenoxy) is 2. The number of carbonyl (C=O) groups excluding carboxylic acids is 2. The maximum absolute atomic E-state index is 12.8. The van der Waals surface area contributed by atoms with E-state index in [1.807, 2.05) is 0 Å². The van der Waals surface area contributed by atoms with Crippen molar-refractivity contribution in [2.75, 3.05) is 26.3 Å². The molecule has 27 heavy (non-hydrogen) atoms. The summed E-state index contributed by atoms with van der Waals surface area (Å²) in [5.41, 5.74) is -4.23. The molecular weight excluding hydrogens is 384 g/mol. The van der Waals surface area contributed by atoms with Gasteiger partial charge in [0.15, 0.2) is 6.61 Å². The Hall–Kier alpha value is -2.30. The number of esters is 1. The summed E-state index contributed by atoms with van der Waals surface area (Å²) in [6.07, 6.45) is -10.4. The molecule has 1 unspecified atom stereocenters. The Kier molecular flexibility index (Phi) is 6.03. The van der Waals surface area contributed by atoms with E-state index in [4.69, 9.17) is 4.74 Å². The first-order chi connectivity index (χ1) is 12.4. The van der Waals surface area contributed by atoms with Crippen LogP contribution >= 0.6 is 0 Å². The van der Waals surface area contributed by atoms with Crippen molar-refractivity contribution in [3.8, 4) is 0 Å². The maximum atomic E-state index is 12.8. The molecule has 1 aliphatic rings. The number of amides is 1. The molecular formula is C16H15F6NO4. The Balaban J connectivity index is 2.14. The van der Waals surface area contributed by atoms with Crippen molar-refractivity contribution in [1.82, 2.24) is 4.90 Å².